The second-order valence-corrected chi connectivity index (χ2v) is 6.12. The minimum absolute atomic E-state index is 0.383. The smallest absolute Gasteiger partial charge is 0.343 e. The van der Waals surface area contributed by atoms with Gasteiger partial charge in [-0.15, -0.1) is 0 Å². The van der Waals surface area contributed by atoms with Gasteiger partial charge in [0.1, 0.15) is 5.75 Å². The van der Waals surface area contributed by atoms with Crippen molar-refractivity contribution in [1.82, 2.24) is 0 Å². The molecule has 0 N–H and O–H groups in total. The molecule has 0 bridgehead atoms. The average molecular weight is 375 g/mol. The quantitative estimate of drug-likeness (QED) is 0.346. The van der Waals surface area contributed by atoms with Crippen LogP contribution in [0.3, 0.4) is 0 Å². The van der Waals surface area contributed by atoms with Crippen molar-refractivity contribution in [2.24, 2.45) is 4.99 Å². The summed E-state index contributed by atoms with van der Waals surface area (Å²) in [6.07, 6.45) is 1.73. The third kappa shape index (κ3) is 4.76. The Labute approximate surface area is 164 Å². The van der Waals surface area contributed by atoms with Crippen LogP contribution in [0.1, 0.15) is 21.5 Å². The summed E-state index contributed by atoms with van der Waals surface area (Å²) in [5.74, 6) is 1.37. The van der Waals surface area contributed by atoms with E-state index in [1.54, 1.807) is 56.8 Å². The summed E-state index contributed by atoms with van der Waals surface area (Å²) in [4.78, 5) is 16.6. The van der Waals surface area contributed by atoms with Crippen molar-refractivity contribution in [3.63, 3.8) is 0 Å². The number of benzene rings is 3. The van der Waals surface area contributed by atoms with Gasteiger partial charge in [-0.05, 0) is 61.0 Å². The van der Waals surface area contributed by atoms with Gasteiger partial charge in [-0.1, -0.05) is 17.7 Å². The van der Waals surface area contributed by atoms with Gasteiger partial charge in [0.2, 0.25) is 0 Å². The molecule has 0 aromatic heterocycles. The van der Waals surface area contributed by atoms with Crippen LogP contribution in [0.5, 0.6) is 17.2 Å². The normalized spacial score (nSPS) is 10.7. The Morgan fingerprint density at radius 1 is 0.857 bits per heavy atom. The minimum atomic E-state index is -0.383. The van der Waals surface area contributed by atoms with Crippen molar-refractivity contribution >= 4 is 17.9 Å². The van der Waals surface area contributed by atoms with Gasteiger partial charge in [0.15, 0.2) is 11.5 Å². The van der Waals surface area contributed by atoms with Gasteiger partial charge in [-0.3, -0.25) is 4.99 Å². The summed E-state index contributed by atoms with van der Waals surface area (Å²) in [6, 6.07) is 19.9. The van der Waals surface area contributed by atoms with Gasteiger partial charge < -0.3 is 14.2 Å². The summed E-state index contributed by atoms with van der Waals surface area (Å²) >= 11 is 0. The van der Waals surface area contributed by atoms with E-state index in [1.807, 2.05) is 37.3 Å². The minimum Gasteiger partial charge on any atom is -0.493 e. The summed E-state index contributed by atoms with van der Waals surface area (Å²) in [7, 11) is 3.18. The van der Waals surface area contributed by atoms with Gasteiger partial charge in [0, 0.05) is 12.3 Å². The molecule has 5 heteroatoms. The van der Waals surface area contributed by atoms with Crippen LogP contribution in [0.25, 0.3) is 0 Å². The average Bonchev–Trinajstić information content (AvgIpc) is 2.73. The molecule has 28 heavy (non-hydrogen) atoms. The molecule has 0 unspecified atom stereocenters. The highest BCUT2D eigenvalue weighted by molar-refractivity contribution is 5.91. The number of ether oxygens (including phenoxy) is 3. The van der Waals surface area contributed by atoms with Crippen LogP contribution in [0.2, 0.25) is 0 Å². The first-order valence-electron chi connectivity index (χ1n) is 8.74. The standard InChI is InChI=1S/C23H21NO4/c1-16-4-8-18(9-5-16)23(25)28-20-11-6-17(7-12-20)15-24-19-10-13-21(26-2)22(14-19)27-3/h4-15H,1-3H3/b24-15+. The second-order valence-electron chi connectivity index (χ2n) is 6.12. The molecule has 0 saturated heterocycles. The van der Waals surface area contributed by atoms with Crippen LogP contribution in [0.4, 0.5) is 5.69 Å². The van der Waals surface area contributed by atoms with Gasteiger partial charge >= 0.3 is 5.97 Å². The van der Waals surface area contributed by atoms with Crippen LogP contribution < -0.4 is 14.2 Å². The SMILES string of the molecule is COc1ccc(/N=C/c2ccc(OC(=O)c3ccc(C)cc3)cc2)cc1OC. The third-order valence-electron chi connectivity index (χ3n) is 4.11. The Hall–Kier alpha value is -3.60. The number of aryl methyl sites for hydroxylation is 1. The maximum atomic E-state index is 12.2. The predicted octanol–water partition coefficient (Wildman–Crippen LogP) is 4.98. The maximum absolute atomic E-state index is 12.2. The van der Waals surface area contributed by atoms with Crippen molar-refractivity contribution in [3.05, 3.63) is 83.4 Å². The highest BCUT2D eigenvalue weighted by atomic mass is 16.5. The summed E-state index contributed by atoms with van der Waals surface area (Å²) in [6.45, 7) is 1.97. The highest BCUT2D eigenvalue weighted by Crippen LogP contribution is 2.31. The van der Waals surface area contributed by atoms with Gasteiger partial charge in [0.05, 0.1) is 25.5 Å². The summed E-state index contributed by atoms with van der Waals surface area (Å²) < 4.78 is 15.9. The molecule has 0 aliphatic heterocycles. The summed E-state index contributed by atoms with van der Waals surface area (Å²) in [5.41, 5.74) is 3.23. The van der Waals surface area contributed by atoms with E-state index in [0.717, 1.165) is 16.8 Å². The number of rotatable bonds is 6. The molecule has 0 fully saturated rings. The van der Waals surface area contributed by atoms with Crippen LogP contribution in [-0.2, 0) is 0 Å². The second kappa shape index (κ2) is 8.86. The molecule has 0 aliphatic carbocycles. The zero-order chi connectivity index (χ0) is 19.9. The first-order valence-corrected chi connectivity index (χ1v) is 8.74. The number of carbonyl (C=O) groups is 1. The Bertz CT molecular complexity index is 976. The Morgan fingerprint density at radius 3 is 2.18 bits per heavy atom. The number of methoxy groups -OCH3 is 2. The van der Waals surface area contributed by atoms with E-state index in [4.69, 9.17) is 14.2 Å². The van der Waals surface area contributed by atoms with E-state index >= 15 is 0 Å². The molecule has 142 valence electrons. The van der Waals surface area contributed by atoms with Crippen LogP contribution in [0, 0.1) is 6.92 Å². The lowest BCUT2D eigenvalue weighted by atomic mass is 10.1. The molecular formula is C23H21NO4. The highest BCUT2D eigenvalue weighted by Gasteiger charge is 2.08. The molecular weight excluding hydrogens is 354 g/mol. The molecule has 0 atom stereocenters. The van der Waals surface area contributed by atoms with Crippen LogP contribution >= 0.6 is 0 Å². The number of aliphatic imine (C=N–C) groups is 1. The van der Waals surface area contributed by atoms with Gasteiger partial charge in [-0.25, -0.2) is 4.79 Å². The molecule has 0 amide bonds. The fourth-order valence-electron chi connectivity index (χ4n) is 2.53. The Balaban J connectivity index is 1.66. The Kier molecular flexibility index (Phi) is 6.07. The molecule has 0 saturated carbocycles. The lowest BCUT2D eigenvalue weighted by Crippen LogP contribution is -2.08. The maximum Gasteiger partial charge on any atom is 0.343 e. The van der Waals surface area contributed by atoms with E-state index in [0.29, 0.717) is 22.8 Å². The predicted molar refractivity (Wildman–Crippen MR) is 109 cm³/mol. The first-order chi connectivity index (χ1) is 13.6. The largest absolute Gasteiger partial charge is 0.493 e. The number of carbonyl (C=O) groups excluding carboxylic acids is 1. The Morgan fingerprint density at radius 2 is 1.54 bits per heavy atom. The van der Waals surface area contributed by atoms with Crippen molar-refractivity contribution in [3.8, 4) is 17.2 Å². The number of nitrogens with zero attached hydrogens (tertiary/aromatic N) is 1. The molecule has 3 aromatic rings. The van der Waals surface area contributed by atoms with Crippen LogP contribution in [-0.4, -0.2) is 26.4 Å². The fourth-order valence-corrected chi connectivity index (χ4v) is 2.53. The van der Waals surface area contributed by atoms with Crippen molar-refractivity contribution in [2.45, 2.75) is 6.92 Å². The van der Waals surface area contributed by atoms with E-state index in [-0.39, 0.29) is 5.97 Å². The topological polar surface area (TPSA) is 57.1 Å². The molecule has 0 spiro atoms. The monoisotopic (exact) mass is 375 g/mol. The third-order valence-corrected chi connectivity index (χ3v) is 4.11. The molecule has 3 rings (SSSR count). The number of hydrogen-bond acceptors (Lipinski definition) is 5. The van der Waals surface area contributed by atoms with E-state index in [1.165, 1.54) is 0 Å². The van der Waals surface area contributed by atoms with Gasteiger partial charge in [-0.2, -0.15) is 0 Å². The zero-order valence-corrected chi connectivity index (χ0v) is 16.0. The summed E-state index contributed by atoms with van der Waals surface area (Å²) in [5, 5.41) is 0. The van der Waals surface area contributed by atoms with E-state index < -0.39 is 0 Å². The van der Waals surface area contributed by atoms with Crippen molar-refractivity contribution in [1.29, 1.82) is 0 Å². The number of esters is 1. The molecule has 5 nitrogen and oxygen atoms in total. The van der Waals surface area contributed by atoms with Crippen molar-refractivity contribution in [2.75, 3.05) is 14.2 Å². The molecule has 3 aromatic carbocycles. The van der Waals surface area contributed by atoms with E-state index in [9.17, 15) is 4.79 Å². The molecule has 0 radical (unpaired) electrons. The lowest BCUT2D eigenvalue weighted by Gasteiger charge is -2.07. The lowest BCUT2D eigenvalue weighted by molar-refractivity contribution is 0.0735. The van der Waals surface area contributed by atoms with Gasteiger partial charge in [0.25, 0.3) is 0 Å². The molecule has 0 aliphatic rings. The fraction of sp³-hybridized carbons (Fsp3) is 0.130. The molecule has 0 heterocycles. The number of hydrogen-bond donors (Lipinski definition) is 0. The van der Waals surface area contributed by atoms with E-state index in [2.05, 4.69) is 4.99 Å². The first kappa shape index (κ1) is 19.2. The van der Waals surface area contributed by atoms with Crippen molar-refractivity contribution < 1.29 is 19.0 Å². The van der Waals surface area contributed by atoms with Crippen LogP contribution in [0.15, 0.2) is 71.7 Å². The zero-order valence-electron chi connectivity index (χ0n) is 16.0.